The minimum Gasteiger partial charge on any atom is -0.550 e. The van der Waals surface area contributed by atoms with Gasteiger partial charge in [0.25, 0.3) is 0 Å². The minimum atomic E-state index is -1.07. The lowest BCUT2D eigenvalue weighted by atomic mass is 9.95. The Balaban J connectivity index is 2.75. The summed E-state index contributed by atoms with van der Waals surface area (Å²) >= 11 is 0. The van der Waals surface area contributed by atoms with Crippen molar-refractivity contribution in [3.05, 3.63) is 11.1 Å². The van der Waals surface area contributed by atoms with E-state index in [0.717, 1.165) is 36.8 Å². The minimum absolute atomic E-state index is 0.138. The molecule has 1 unspecified atom stereocenters. The Bertz CT molecular complexity index is 315. The van der Waals surface area contributed by atoms with Crippen molar-refractivity contribution >= 4 is 11.8 Å². The molecule has 0 spiro atoms. The lowest BCUT2D eigenvalue weighted by Crippen LogP contribution is -2.30. The fourth-order valence-corrected chi connectivity index (χ4v) is 2.20. The van der Waals surface area contributed by atoms with Gasteiger partial charge in [-0.1, -0.05) is 32.3 Å². The summed E-state index contributed by atoms with van der Waals surface area (Å²) in [7, 11) is 0. The topological polar surface area (TPSA) is 57.2 Å². The molecule has 3 heteroatoms. The molecule has 0 heterocycles. The van der Waals surface area contributed by atoms with Gasteiger partial charge in [0.05, 0.1) is 0 Å². The van der Waals surface area contributed by atoms with Crippen LogP contribution in [0.15, 0.2) is 11.1 Å². The summed E-state index contributed by atoms with van der Waals surface area (Å²) in [6, 6.07) is 0. The van der Waals surface area contributed by atoms with E-state index in [0.29, 0.717) is 12.8 Å². The first-order valence-electron chi connectivity index (χ1n) is 6.03. The first kappa shape index (κ1) is 12.9. The van der Waals surface area contributed by atoms with E-state index in [9.17, 15) is 14.7 Å². The third-order valence-corrected chi connectivity index (χ3v) is 3.25. The van der Waals surface area contributed by atoms with Crippen LogP contribution in [0.2, 0.25) is 0 Å². The maximum atomic E-state index is 11.6. The lowest BCUT2D eigenvalue weighted by molar-refractivity contribution is -0.309. The van der Waals surface area contributed by atoms with Crippen molar-refractivity contribution in [2.45, 2.75) is 52.4 Å². The van der Waals surface area contributed by atoms with Crippen molar-refractivity contribution in [1.82, 2.24) is 0 Å². The number of allylic oxidation sites excluding steroid dienone is 1. The molecule has 0 fully saturated rings. The largest absolute Gasteiger partial charge is 0.550 e. The Morgan fingerprint density at radius 1 is 1.38 bits per heavy atom. The zero-order chi connectivity index (χ0) is 12.1. The summed E-state index contributed by atoms with van der Waals surface area (Å²) in [5.74, 6) is -1.54. The number of aliphatic carboxylic acids is 1. The molecule has 3 nitrogen and oxygen atoms in total. The molecule has 0 N–H and O–H groups in total. The van der Waals surface area contributed by atoms with Crippen molar-refractivity contribution in [1.29, 1.82) is 0 Å². The van der Waals surface area contributed by atoms with Gasteiger partial charge in [-0.25, -0.2) is 0 Å². The van der Waals surface area contributed by atoms with Crippen molar-refractivity contribution in [2.75, 3.05) is 0 Å². The summed E-state index contributed by atoms with van der Waals surface area (Å²) in [5.41, 5.74) is 1.58. The van der Waals surface area contributed by atoms with Crippen LogP contribution < -0.4 is 5.11 Å². The van der Waals surface area contributed by atoms with E-state index in [1.165, 1.54) is 0 Å². The van der Waals surface area contributed by atoms with E-state index in [4.69, 9.17) is 0 Å². The van der Waals surface area contributed by atoms with E-state index in [1.54, 1.807) is 6.92 Å². The second-order valence-corrected chi connectivity index (χ2v) is 4.42. The molecule has 1 rings (SSSR count). The highest BCUT2D eigenvalue weighted by atomic mass is 16.4. The summed E-state index contributed by atoms with van der Waals surface area (Å²) in [6.45, 7) is 3.72. The van der Waals surface area contributed by atoms with E-state index < -0.39 is 11.9 Å². The van der Waals surface area contributed by atoms with Gasteiger partial charge in [0.2, 0.25) is 0 Å². The predicted molar refractivity (Wildman–Crippen MR) is 59.6 cm³/mol. The van der Waals surface area contributed by atoms with Crippen LogP contribution >= 0.6 is 0 Å². The number of ketones is 1. The molecule has 0 aromatic carbocycles. The number of carboxylic acid groups (broad SMARTS) is 1. The molecular weight excluding hydrogens is 204 g/mol. The van der Waals surface area contributed by atoms with Gasteiger partial charge in [-0.2, -0.15) is 0 Å². The molecule has 0 bridgehead atoms. The highest BCUT2D eigenvalue weighted by Crippen LogP contribution is 2.31. The normalized spacial score (nSPS) is 18.0. The Morgan fingerprint density at radius 3 is 2.62 bits per heavy atom. The molecule has 0 saturated carbocycles. The lowest BCUT2D eigenvalue weighted by Gasteiger charge is -2.15. The molecule has 1 aliphatic rings. The number of hydrogen-bond donors (Lipinski definition) is 0. The third kappa shape index (κ3) is 2.94. The van der Waals surface area contributed by atoms with Gasteiger partial charge in [-0.15, -0.1) is 0 Å². The van der Waals surface area contributed by atoms with Crippen molar-refractivity contribution < 1.29 is 14.7 Å². The van der Waals surface area contributed by atoms with Crippen LogP contribution in [0, 0.1) is 5.92 Å². The SMILES string of the molecule is CCCCCC1=C(C(C)C(=O)[O-])CCC1=O. The van der Waals surface area contributed by atoms with Crippen LogP contribution in [0.3, 0.4) is 0 Å². The molecule has 0 aliphatic heterocycles. The summed E-state index contributed by atoms with van der Waals surface area (Å²) < 4.78 is 0. The van der Waals surface area contributed by atoms with E-state index in [1.807, 2.05) is 0 Å². The number of carboxylic acids is 1. The van der Waals surface area contributed by atoms with Crippen molar-refractivity contribution in [2.24, 2.45) is 5.92 Å². The fourth-order valence-electron chi connectivity index (χ4n) is 2.20. The zero-order valence-corrected chi connectivity index (χ0v) is 10.0. The van der Waals surface area contributed by atoms with Crippen molar-refractivity contribution in [3.8, 4) is 0 Å². The number of Topliss-reactive ketones (excluding diaryl/α,β-unsaturated/α-hetero) is 1. The zero-order valence-electron chi connectivity index (χ0n) is 10.0. The van der Waals surface area contributed by atoms with Gasteiger partial charge >= 0.3 is 0 Å². The average molecular weight is 223 g/mol. The molecule has 0 radical (unpaired) electrons. The highest BCUT2D eigenvalue weighted by Gasteiger charge is 2.26. The number of carbonyl (C=O) groups excluding carboxylic acids is 2. The highest BCUT2D eigenvalue weighted by molar-refractivity contribution is 5.99. The quantitative estimate of drug-likeness (QED) is 0.643. The molecule has 1 atom stereocenters. The second kappa shape index (κ2) is 5.83. The summed E-state index contributed by atoms with van der Waals surface area (Å²) in [5, 5.41) is 10.8. The van der Waals surface area contributed by atoms with Crippen molar-refractivity contribution in [3.63, 3.8) is 0 Å². The molecule has 0 aromatic rings. The first-order valence-corrected chi connectivity index (χ1v) is 6.03. The van der Waals surface area contributed by atoms with Crippen LogP contribution in [0.5, 0.6) is 0 Å². The smallest absolute Gasteiger partial charge is 0.159 e. The molecule has 0 aromatic heterocycles. The third-order valence-electron chi connectivity index (χ3n) is 3.25. The summed E-state index contributed by atoms with van der Waals surface area (Å²) in [6.07, 6.45) is 4.99. The second-order valence-electron chi connectivity index (χ2n) is 4.42. The fraction of sp³-hybridized carbons (Fsp3) is 0.692. The average Bonchev–Trinajstić information content (AvgIpc) is 2.60. The summed E-state index contributed by atoms with van der Waals surface area (Å²) in [4.78, 5) is 22.4. The molecule has 1 aliphatic carbocycles. The maximum Gasteiger partial charge on any atom is 0.159 e. The van der Waals surface area contributed by atoms with Gasteiger partial charge < -0.3 is 9.90 Å². The molecule has 90 valence electrons. The number of hydrogen-bond acceptors (Lipinski definition) is 3. The molecule has 16 heavy (non-hydrogen) atoms. The number of unbranched alkanes of at least 4 members (excludes halogenated alkanes) is 2. The Kier molecular flexibility index (Phi) is 4.71. The first-order chi connectivity index (χ1) is 7.57. The standard InChI is InChI=1S/C13H20O3/c1-3-4-5-6-11-10(7-8-12(11)14)9(2)13(15)16/h9H,3-8H2,1-2H3,(H,15,16)/p-1. The molecule has 0 saturated heterocycles. The number of carbonyl (C=O) groups is 2. The van der Waals surface area contributed by atoms with Crippen LogP contribution in [0.1, 0.15) is 52.4 Å². The van der Waals surface area contributed by atoms with Crippen LogP contribution in [-0.4, -0.2) is 11.8 Å². The maximum absolute atomic E-state index is 11.6. The van der Waals surface area contributed by atoms with Gasteiger partial charge in [-0.05, 0) is 24.8 Å². The van der Waals surface area contributed by atoms with E-state index >= 15 is 0 Å². The molecule has 0 amide bonds. The van der Waals surface area contributed by atoms with Gasteiger partial charge in [-0.3, -0.25) is 4.79 Å². The van der Waals surface area contributed by atoms with Gasteiger partial charge in [0.15, 0.2) is 5.78 Å². The predicted octanol–water partition coefficient (Wildman–Crippen LogP) is 1.61. The Morgan fingerprint density at radius 2 is 2.06 bits per heavy atom. The van der Waals surface area contributed by atoms with Gasteiger partial charge in [0, 0.05) is 18.3 Å². The number of rotatable bonds is 6. The van der Waals surface area contributed by atoms with Gasteiger partial charge in [0.1, 0.15) is 0 Å². The van der Waals surface area contributed by atoms with Crippen LogP contribution in [0.25, 0.3) is 0 Å². The molecular formula is C13H19O3-. The Hall–Kier alpha value is -1.12. The van der Waals surface area contributed by atoms with E-state index in [2.05, 4.69) is 6.92 Å². The van der Waals surface area contributed by atoms with Crippen LogP contribution in [-0.2, 0) is 9.59 Å². The van der Waals surface area contributed by atoms with Crippen LogP contribution in [0.4, 0.5) is 0 Å². The Labute approximate surface area is 96.5 Å². The van der Waals surface area contributed by atoms with E-state index in [-0.39, 0.29) is 5.78 Å². The monoisotopic (exact) mass is 223 g/mol.